The highest BCUT2D eigenvalue weighted by molar-refractivity contribution is 6.32. The van der Waals surface area contributed by atoms with Crippen LogP contribution in [0.3, 0.4) is 0 Å². The van der Waals surface area contributed by atoms with Crippen molar-refractivity contribution in [3.63, 3.8) is 0 Å². The van der Waals surface area contributed by atoms with Crippen LogP contribution in [0.15, 0.2) is 61.1 Å². The number of aryl methyl sites for hydroxylation is 1. The molecule has 0 bridgehead atoms. The number of hydrogen-bond donors (Lipinski definition) is 1. The van der Waals surface area contributed by atoms with E-state index in [9.17, 15) is 13.2 Å². The zero-order valence-electron chi connectivity index (χ0n) is 17.2. The minimum atomic E-state index is -4.47. The third-order valence-corrected chi connectivity index (χ3v) is 5.46. The van der Waals surface area contributed by atoms with E-state index in [1.807, 2.05) is 16.8 Å². The average molecular weight is 531 g/mol. The van der Waals surface area contributed by atoms with E-state index < -0.39 is 11.7 Å². The van der Waals surface area contributed by atoms with Crippen molar-refractivity contribution in [1.29, 1.82) is 5.41 Å². The Kier molecular flexibility index (Phi) is 7.30. The fraction of sp³-hybridized carbons (Fsp3) is 0.136. The fourth-order valence-electron chi connectivity index (χ4n) is 3.68. The second-order valence-electron chi connectivity index (χ2n) is 7.21. The lowest BCUT2D eigenvalue weighted by molar-refractivity contribution is -0.137. The summed E-state index contributed by atoms with van der Waals surface area (Å²) in [5, 5.41) is 8.75. The number of ether oxygens (including phenoxy) is 1. The molecule has 4 aromatic rings. The van der Waals surface area contributed by atoms with Crippen molar-refractivity contribution in [3.05, 3.63) is 71.6 Å². The van der Waals surface area contributed by atoms with Crippen LogP contribution < -0.4 is 9.64 Å². The highest BCUT2D eigenvalue weighted by Crippen LogP contribution is 2.39. The lowest BCUT2D eigenvalue weighted by atomic mass is 10.2. The molecule has 3 heterocycles. The Morgan fingerprint density at radius 3 is 2.56 bits per heavy atom. The van der Waals surface area contributed by atoms with Gasteiger partial charge >= 0.3 is 6.18 Å². The molecule has 1 aliphatic heterocycles. The van der Waals surface area contributed by atoms with Gasteiger partial charge in [-0.05, 0) is 42.5 Å². The van der Waals surface area contributed by atoms with Crippen LogP contribution in [0.25, 0.3) is 11.0 Å². The van der Waals surface area contributed by atoms with E-state index in [-0.39, 0.29) is 41.3 Å². The number of nitrogens with zero attached hydrogens (tertiary/aromatic N) is 4. The van der Waals surface area contributed by atoms with Crippen LogP contribution in [0.2, 0.25) is 5.02 Å². The van der Waals surface area contributed by atoms with E-state index >= 15 is 0 Å². The zero-order chi connectivity index (χ0) is 22.5. The van der Waals surface area contributed by atoms with Crippen LogP contribution in [0.1, 0.15) is 12.0 Å². The molecule has 0 saturated heterocycles. The molecule has 178 valence electrons. The van der Waals surface area contributed by atoms with Gasteiger partial charge in [-0.1, -0.05) is 17.7 Å². The lowest BCUT2D eigenvalue weighted by Gasteiger charge is -2.23. The molecule has 0 aliphatic carbocycles. The number of alkyl halides is 3. The maximum atomic E-state index is 13.0. The first-order valence-corrected chi connectivity index (χ1v) is 10.0. The molecule has 2 aromatic heterocycles. The van der Waals surface area contributed by atoms with Gasteiger partial charge in [0.05, 0.1) is 21.8 Å². The molecule has 0 fully saturated rings. The summed E-state index contributed by atoms with van der Waals surface area (Å²) >= 11 is 6.42. The first-order valence-electron chi connectivity index (χ1n) is 9.63. The second-order valence-corrected chi connectivity index (χ2v) is 7.62. The van der Waals surface area contributed by atoms with Gasteiger partial charge in [0.2, 0.25) is 0 Å². The Labute approximate surface area is 209 Å². The summed E-state index contributed by atoms with van der Waals surface area (Å²) in [4.78, 5) is 10.4. The highest BCUT2D eigenvalue weighted by atomic mass is 35.5. The third-order valence-electron chi connectivity index (χ3n) is 5.16. The van der Waals surface area contributed by atoms with Crippen molar-refractivity contribution >= 4 is 64.8 Å². The smallest absolute Gasteiger partial charge is 0.416 e. The van der Waals surface area contributed by atoms with Crippen LogP contribution in [0.4, 0.5) is 24.7 Å². The van der Waals surface area contributed by atoms with Gasteiger partial charge in [-0.2, -0.15) is 13.2 Å². The number of hydrogen-bond acceptors (Lipinski definition) is 4. The van der Waals surface area contributed by atoms with Crippen molar-refractivity contribution in [1.82, 2.24) is 14.5 Å². The maximum Gasteiger partial charge on any atom is 0.416 e. The topological polar surface area (TPSA) is 67.0 Å². The molecule has 0 atom stereocenters. The average Bonchev–Trinajstić information content (AvgIpc) is 3.11. The first kappa shape index (κ1) is 25.6. The number of aromatic nitrogens is 3. The minimum absolute atomic E-state index is 0. The summed E-state index contributed by atoms with van der Waals surface area (Å²) in [6.45, 7) is 0.615. The SMILES string of the molecule is Cl.Cl.N=C1CCn2ccc3ncnc(c32)N1c1ccc(Oc2cccc(C(F)(F)F)c2)c(Cl)c1. The third kappa shape index (κ3) is 4.64. The van der Waals surface area contributed by atoms with E-state index in [0.29, 0.717) is 30.3 Å². The summed E-state index contributed by atoms with van der Waals surface area (Å²) in [6, 6.07) is 11.3. The van der Waals surface area contributed by atoms with Crippen LogP contribution >= 0.6 is 36.4 Å². The summed E-state index contributed by atoms with van der Waals surface area (Å²) in [5.41, 5.74) is 1.36. The van der Waals surface area contributed by atoms with Gasteiger partial charge < -0.3 is 9.30 Å². The molecule has 5 rings (SSSR count). The summed E-state index contributed by atoms with van der Waals surface area (Å²) < 4.78 is 46.5. The molecular formula is C22H17Cl3F3N5O. The zero-order valence-corrected chi connectivity index (χ0v) is 19.6. The van der Waals surface area contributed by atoms with Crippen molar-refractivity contribution in [3.8, 4) is 11.5 Å². The Morgan fingerprint density at radius 1 is 1.03 bits per heavy atom. The van der Waals surface area contributed by atoms with E-state index in [4.69, 9.17) is 21.7 Å². The predicted molar refractivity (Wildman–Crippen MR) is 129 cm³/mol. The minimum Gasteiger partial charge on any atom is -0.456 e. The van der Waals surface area contributed by atoms with E-state index in [2.05, 4.69) is 9.97 Å². The molecule has 6 nitrogen and oxygen atoms in total. The molecule has 0 unspecified atom stereocenters. The monoisotopic (exact) mass is 529 g/mol. The van der Waals surface area contributed by atoms with Crippen LogP contribution in [0, 0.1) is 5.41 Å². The van der Waals surface area contributed by atoms with Gasteiger partial charge in [0, 0.05) is 19.2 Å². The van der Waals surface area contributed by atoms with Gasteiger partial charge in [0.25, 0.3) is 0 Å². The summed E-state index contributed by atoms with van der Waals surface area (Å²) in [5.74, 6) is 1.11. The normalized spacial score (nSPS) is 13.2. The van der Waals surface area contributed by atoms with Crippen molar-refractivity contribution in [2.45, 2.75) is 19.1 Å². The molecule has 1 aliphatic rings. The predicted octanol–water partition coefficient (Wildman–Crippen LogP) is 7.26. The van der Waals surface area contributed by atoms with Gasteiger partial charge in [0.1, 0.15) is 29.2 Å². The molecule has 0 saturated carbocycles. The molecule has 0 radical (unpaired) electrons. The number of amidine groups is 1. The van der Waals surface area contributed by atoms with Crippen LogP contribution in [-0.2, 0) is 12.7 Å². The van der Waals surface area contributed by atoms with E-state index in [1.165, 1.54) is 18.5 Å². The van der Waals surface area contributed by atoms with Gasteiger partial charge in [-0.25, -0.2) is 9.97 Å². The standard InChI is InChI=1S/C22H15ClF3N5O.2ClH/c23-16-11-14(4-5-18(16)32-15-3-1-2-13(10-15)22(24,25)26)31-19(27)7-9-30-8-6-17-20(30)21(31)29-12-28-17;;/h1-6,8,10-12,27H,7,9H2;2*1H. The Morgan fingerprint density at radius 2 is 1.82 bits per heavy atom. The molecule has 1 N–H and O–H groups in total. The number of rotatable bonds is 3. The first-order chi connectivity index (χ1) is 15.3. The van der Waals surface area contributed by atoms with Crippen molar-refractivity contribution in [2.24, 2.45) is 0 Å². The largest absolute Gasteiger partial charge is 0.456 e. The Hall–Kier alpha value is -3.01. The van der Waals surface area contributed by atoms with Gasteiger partial charge in [0.15, 0.2) is 5.82 Å². The molecule has 12 heteroatoms. The Balaban J connectivity index is 0.00000162. The van der Waals surface area contributed by atoms with Gasteiger partial charge in [-0.15, -0.1) is 24.8 Å². The summed E-state index contributed by atoms with van der Waals surface area (Å²) in [6.07, 6.45) is -0.639. The molecule has 0 amide bonds. The van der Waals surface area contributed by atoms with Crippen LogP contribution in [-0.4, -0.2) is 20.4 Å². The molecule has 34 heavy (non-hydrogen) atoms. The summed E-state index contributed by atoms with van der Waals surface area (Å²) in [7, 11) is 0. The number of anilines is 2. The lowest BCUT2D eigenvalue weighted by Crippen LogP contribution is -2.25. The fourth-order valence-corrected chi connectivity index (χ4v) is 3.90. The molecular weight excluding hydrogens is 514 g/mol. The van der Waals surface area contributed by atoms with E-state index in [0.717, 1.165) is 23.2 Å². The highest BCUT2D eigenvalue weighted by Gasteiger charge is 2.31. The van der Waals surface area contributed by atoms with Crippen molar-refractivity contribution in [2.75, 3.05) is 4.90 Å². The van der Waals surface area contributed by atoms with Crippen molar-refractivity contribution < 1.29 is 17.9 Å². The molecule has 0 spiro atoms. The maximum absolute atomic E-state index is 13.0. The van der Waals surface area contributed by atoms with Gasteiger partial charge in [-0.3, -0.25) is 10.3 Å². The number of nitrogens with one attached hydrogen (secondary N) is 1. The van der Waals surface area contributed by atoms with Crippen LogP contribution in [0.5, 0.6) is 11.5 Å². The number of benzene rings is 2. The second kappa shape index (κ2) is 9.69. The molecule has 2 aromatic carbocycles. The van der Waals surface area contributed by atoms with E-state index in [1.54, 1.807) is 23.1 Å². The quantitative estimate of drug-likeness (QED) is 0.303. The number of halogens is 6. The Bertz CT molecular complexity index is 1360.